The lowest BCUT2D eigenvalue weighted by molar-refractivity contribution is -0.141. The number of anilines is 1. The van der Waals surface area contributed by atoms with Crippen molar-refractivity contribution in [2.24, 2.45) is 0 Å². The summed E-state index contributed by atoms with van der Waals surface area (Å²) in [5.74, 6) is 0.261. The molecule has 1 fully saturated rings. The van der Waals surface area contributed by atoms with Gasteiger partial charge in [-0.2, -0.15) is 13.2 Å². The molecule has 9 heteroatoms. The van der Waals surface area contributed by atoms with E-state index in [0.717, 1.165) is 6.07 Å². The first-order valence-electron chi connectivity index (χ1n) is 8.35. The Hall–Kier alpha value is -2.26. The Balaban J connectivity index is 1.87. The van der Waals surface area contributed by atoms with Crippen LogP contribution in [0.25, 0.3) is 11.4 Å². The minimum atomic E-state index is -4.55. The van der Waals surface area contributed by atoms with Crippen LogP contribution in [-0.4, -0.2) is 63.8 Å². The van der Waals surface area contributed by atoms with Crippen LogP contribution in [0.5, 0.6) is 0 Å². The van der Waals surface area contributed by atoms with E-state index in [1.807, 2.05) is 4.90 Å². The van der Waals surface area contributed by atoms with Crippen molar-refractivity contribution in [1.82, 2.24) is 19.9 Å². The lowest BCUT2D eigenvalue weighted by Crippen LogP contribution is -2.48. The lowest BCUT2D eigenvalue weighted by Gasteiger charge is -2.36. The minimum Gasteiger partial charge on any atom is -0.392 e. The third-order valence-corrected chi connectivity index (χ3v) is 4.14. The van der Waals surface area contributed by atoms with E-state index in [1.54, 1.807) is 25.3 Å². The number of piperazine rings is 1. The highest BCUT2D eigenvalue weighted by Gasteiger charge is 2.34. The number of halogens is 3. The first-order valence-corrected chi connectivity index (χ1v) is 8.35. The normalized spacial score (nSPS) is 17.3. The Kier molecular flexibility index (Phi) is 5.38. The Morgan fingerprint density at radius 1 is 1.19 bits per heavy atom. The van der Waals surface area contributed by atoms with E-state index in [1.165, 1.54) is 6.20 Å². The quantitative estimate of drug-likeness (QED) is 0.893. The molecule has 0 radical (unpaired) electrons. The van der Waals surface area contributed by atoms with Crippen molar-refractivity contribution in [3.63, 3.8) is 0 Å². The summed E-state index contributed by atoms with van der Waals surface area (Å²) in [6.45, 7) is 4.64. The number of β-amino-alcohol motifs (C(OH)–C–C–N with tert-alkyl or cyclic N) is 1. The monoisotopic (exact) mass is 367 g/mol. The van der Waals surface area contributed by atoms with Crippen molar-refractivity contribution in [2.45, 2.75) is 19.2 Å². The van der Waals surface area contributed by atoms with Gasteiger partial charge in [0.15, 0.2) is 11.5 Å². The first kappa shape index (κ1) is 18.5. The van der Waals surface area contributed by atoms with Crippen LogP contribution >= 0.6 is 0 Å². The summed E-state index contributed by atoms with van der Waals surface area (Å²) in [7, 11) is 0. The molecule has 1 atom stereocenters. The molecule has 2 aromatic rings. The number of hydrogen-bond acceptors (Lipinski definition) is 6. The van der Waals surface area contributed by atoms with Crippen molar-refractivity contribution in [3.8, 4) is 11.4 Å². The van der Waals surface area contributed by atoms with Crippen molar-refractivity contribution in [3.05, 3.63) is 36.3 Å². The number of alkyl halides is 3. The van der Waals surface area contributed by atoms with Gasteiger partial charge < -0.3 is 10.0 Å². The number of aliphatic hydroxyl groups excluding tert-OH is 1. The third-order valence-electron chi connectivity index (χ3n) is 4.14. The summed E-state index contributed by atoms with van der Waals surface area (Å²) < 4.78 is 39.8. The minimum absolute atomic E-state index is 0.00864. The fourth-order valence-corrected chi connectivity index (χ4v) is 2.90. The summed E-state index contributed by atoms with van der Waals surface area (Å²) in [6.07, 6.45) is -2.00. The summed E-state index contributed by atoms with van der Waals surface area (Å²) in [5, 5.41) is 9.47. The summed E-state index contributed by atoms with van der Waals surface area (Å²) >= 11 is 0. The topological polar surface area (TPSA) is 65.4 Å². The average molecular weight is 367 g/mol. The maximum absolute atomic E-state index is 13.3. The van der Waals surface area contributed by atoms with Gasteiger partial charge in [-0.25, -0.2) is 9.97 Å². The second-order valence-corrected chi connectivity index (χ2v) is 6.31. The molecule has 0 unspecified atom stereocenters. The van der Waals surface area contributed by atoms with Crippen LogP contribution in [-0.2, 0) is 6.18 Å². The van der Waals surface area contributed by atoms with Gasteiger partial charge in [-0.05, 0) is 19.1 Å². The van der Waals surface area contributed by atoms with E-state index < -0.39 is 18.0 Å². The van der Waals surface area contributed by atoms with E-state index in [-0.39, 0.29) is 11.6 Å². The fraction of sp³-hybridized carbons (Fsp3) is 0.471. The van der Waals surface area contributed by atoms with Crippen LogP contribution in [0.15, 0.2) is 30.6 Å². The fourth-order valence-electron chi connectivity index (χ4n) is 2.90. The van der Waals surface area contributed by atoms with E-state index in [4.69, 9.17) is 0 Å². The predicted octanol–water partition coefficient (Wildman–Crippen LogP) is 2.06. The van der Waals surface area contributed by atoms with Gasteiger partial charge in [0.1, 0.15) is 5.82 Å². The van der Waals surface area contributed by atoms with Crippen LogP contribution in [0.3, 0.4) is 0 Å². The first-order chi connectivity index (χ1) is 12.3. The van der Waals surface area contributed by atoms with Crippen LogP contribution in [0.2, 0.25) is 0 Å². The second-order valence-electron chi connectivity index (χ2n) is 6.31. The molecule has 0 aliphatic carbocycles. The maximum Gasteiger partial charge on any atom is 0.433 e. The zero-order valence-electron chi connectivity index (χ0n) is 14.3. The van der Waals surface area contributed by atoms with Crippen LogP contribution < -0.4 is 4.90 Å². The Morgan fingerprint density at radius 3 is 2.50 bits per heavy atom. The maximum atomic E-state index is 13.3. The van der Waals surface area contributed by atoms with Crippen LogP contribution in [0.1, 0.15) is 12.6 Å². The molecular weight excluding hydrogens is 347 g/mol. The van der Waals surface area contributed by atoms with Gasteiger partial charge in [0.25, 0.3) is 0 Å². The third kappa shape index (κ3) is 4.47. The van der Waals surface area contributed by atoms with Crippen molar-refractivity contribution < 1.29 is 18.3 Å². The zero-order chi connectivity index (χ0) is 18.7. The molecule has 0 saturated carbocycles. The number of pyridine rings is 1. The molecule has 2 aromatic heterocycles. The van der Waals surface area contributed by atoms with Crippen molar-refractivity contribution in [1.29, 1.82) is 0 Å². The van der Waals surface area contributed by atoms with Crippen LogP contribution in [0.4, 0.5) is 19.0 Å². The standard InChI is InChI=1S/C17H20F3N5O/c1-12(26)11-24-5-7-25(8-6-24)15-9-14(17(18,19)20)22-16(23-15)13-3-2-4-21-10-13/h2-4,9-10,12,26H,5-8,11H2,1H3/t12-/m1/s1. The predicted molar refractivity (Wildman–Crippen MR) is 90.6 cm³/mol. The second kappa shape index (κ2) is 7.55. The Bertz CT molecular complexity index is 731. The average Bonchev–Trinajstić information content (AvgIpc) is 2.61. The van der Waals surface area contributed by atoms with E-state index in [0.29, 0.717) is 38.3 Å². The summed E-state index contributed by atoms with van der Waals surface area (Å²) in [4.78, 5) is 15.8. The molecule has 140 valence electrons. The molecule has 1 saturated heterocycles. The summed E-state index contributed by atoms with van der Waals surface area (Å²) in [5.41, 5.74) is -0.527. The van der Waals surface area contributed by atoms with E-state index in [2.05, 4.69) is 19.9 Å². The molecule has 3 heterocycles. The molecule has 0 amide bonds. The molecule has 0 spiro atoms. The molecule has 1 aliphatic rings. The van der Waals surface area contributed by atoms with Crippen molar-refractivity contribution >= 4 is 5.82 Å². The van der Waals surface area contributed by atoms with Gasteiger partial charge in [-0.15, -0.1) is 0 Å². The zero-order valence-corrected chi connectivity index (χ0v) is 14.3. The molecule has 1 aliphatic heterocycles. The molecular formula is C17H20F3N5O. The van der Waals surface area contributed by atoms with Gasteiger partial charge in [0, 0.05) is 56.7 Å². The number of aliphatic hydroxyl groups is 1. The lowest BCUT2D eigenvalue weighted by atomic mass is 10.2. The Labute approximate surface area is 149 Å². The van der Waals surface area contributed by atoms with Crippen molar-refractivity contribution in [2.75, 3.05) is 37.6 Å². The van der Waals surface area contributed by atoms with E-state index >= 15 is 0 Å². The molecule has 6 nitrogen and oxygen atoms in total. The van der Waals surface area contributed by atoms with Gasteiger partial charge >= 0.3 is 6.18 Å². The Morgan fingerprint density at radius 2 is 1.92 bits per heavy atom. The van der Waals surface area contributed by atoms with E-state index in [9.17, 15) is 18.3 Å². The van der Waals surface area contributed by atoms with Crippen LogP contribution in [0, 0.1) is 0 Å². The highest BCUT2D eigenvalue weighted by atomic mass is 19.4. The molecule has 26 heavy (non-hydrogen) atoms. The van der Waals surface area contributed by atoms with Gasteiger partial charge in [-0.3, -0.25) is 9.88 Å². The number of rotatable bonds is 4. The number of hydrogen-bond donors (Lipinski definition) is 1. The molecule has 0 bridgehead atoms. The van der Waals surface area contributed by atoms with Gasteiger partial charge in [0.2, 0.25) is 0 Å². The van der Waals surface area contributed by atoms with Gasteiger partial charge in [0.05, 0.1) is 6.10 Å². The smallest absolute Gasteiger partial charge is 0.392 e. The SMILES string of the molecule is C[C@@H](O)CN1CCN(c2cc(C(F)(F)F)nc(-c3cccnc3)n2)CC1. The summed E-state index contributed by atoms with van der Waals surface area (Å²) in [6, 6.07) is 4.25. The number of aromatic nitrogens is 3. The highest BCUT2D eigenvalue weighted by Crippen LogP contribution is 2.31. The number of nitrogens with zero attached hydrogens (tertiary/aromatic N) is 5. The van der Waals surface area contributed by atoms with Gasteiger partial charge in [-0.1, -0.05) is 0 Å². The highest BCUT2D eigenvalue weighted by molar-refractivity contribution is 5.57. The molecule has 0 aromatic carbocycles. The molecule has 1 N–H and O–H groups in total. The largest absolute Gasteiger partial charge is 0.433 e. The molecule has 3 rings (SSSR count).